The van der Waals surface area contributed by atoms with E-state index in [4.69, 9.17) is 32.7 Å². The molecule has 1 aromatic carbocycles. The number of rotatable bonds is 7. The molecule has 0 amide bonds. The summed E-state index contributed by atoms with van der Waals surface area (Å²) in [6, 6.07) is 4.58. The molecule has 2 aromatic rings. The van der Waals surface area contributed by atoms with E-state index in [1.807, 2.05) is 0 Å². The Bertz CT molecular complexity index is 763. The Kier molecular flexibility index (Phi) is 6.02. The lowest BCUT2D eigenvalue weighted by Gasteiger charge is -2.26. The molecule has 134 valence electrons. The number of benzene rings is 1. The highest BCUT2D eigenvalue weighted by Crippen LogP contribution is 2.33. The first-order valence-electron chi connectivity index (χ1n) is 7.44. The summed E-state index contributed by atoms with van der Waals surface area (Å²) in [7, 11) is 0. The number of hydrogen-bond acceptors (Lipinski definition) is 6. The van der Waals surface area contributed by atoms with Gasteiger partial charge >= 0.3 is 5.97 Å². The second kappa shape index (κ2) is 7.84. The van der Waals surface area contributed by atoms with Crippen LogP contribution < -0.4 is 4.74 Å². The highest BCUT2D eigenvalue weighted by molar-refractivity contribution is 6.35. The Morgan fingerprint density at radius 2 is 2.04 bits per heavy atom. The van der Waals surface area contributed by atoms with Crippen molar-refractivity contribution in [3.63, 3.8) is 0 Å². The van der Waals surface area contributed by atoms with Crippen LogP contribution in [-0.2, 0) is 14.3 Å². The quantitative estimate of drug-likeness (QED) is 0.536. The third-order valence-corrected chi connectivity index (χ3v) is 3.97. The topological polar surface area (TPSA) is 83.3 Å². The summed E-state index contributed by atoms with van der Waals surface area (Å²) in [6.07, 6.45) is 1.32. The molecule has 1 aromatic heterocycles. The molecular weight excluding hydrogens is 369 g/mol. The molecule has 0 fully saturated rings. The summed E-state index contributed by atoms with van der Waals surface area (Å²) >= 11 is 12.0. The maximum absolute atomic E-state index is 13.0. The minimum Gasteiger partial charge on any atom is -0.465 e. The largest absolute Gasteiger partial charge is 0.465 e. The standard InChI is InChI=1S/C16H17Cl2N3O4/c1-4-24-15(23)16(2,3)13(22)14(21-9-19-8-20-21)25-12-6-5-10(17)7-11(12)18/h5-9,14H,4H2,1-3H3. The minimum atomic E-state index is -1.45. The molecule has 1 atom stereocenters. The van der Waals surface area contributed by atoms with Crippen molar-refractivity contribution in [2.75, 3.05) is 6.61 Å². The first-order valence-corrected chi connectivity index (χ1v) is 8.20. The van der Waals surface area contributed by atoms with Crippen molar-refractivity contribution >= 4 is 35.0 Å². The van der Waals surface area contributed by atoms with Crippen molar-refractivity contribution in [3.05, 3.63) is 40.9 Å². The maximum Gasteiger partial charge on any atom is 0.319 e. The van der Waals surface area contributed by atoms with Gasteiger partial charge in [-0.2, -0.15) is 5.10 Å². The van der Waals surface area contributed by atoms with Crippen LogP contribution >= 0.6 is 23.2 Å². The molecule has 25 heavy (non-hydrogen) atoms. The van der Waals surface area contributed by atoms with Crippen LogP contribution in [0.15, 0.2) is 30.9 Å². The summed E-state index contributed by atoms with van der Waals surface area (Å²) < 4.78 is 11.9. The van der Waals surface area contributed by atoms with E-state index in [1.54, 1.807) is 13.0 Å². The number of nitrogens with zero attached hydrogens (tertiary/aromatic N) is 3. The Hall–Kier alpha value is -2.12. The normalized spacial score (nSPS) is 12.5. The predicted octanol–water partition coefficient (Wildman–Crippen LogP) is 3.32. The minimum absolute atomic E-state index is 0.160. The van der Waals surface area contributed by atoms with E-state index >= 15 is 0 Å². The average Bonchev–Trinajstić information content (AvgIpc) is 3.08. The van der Waals surface area contributed by atoms with Crippen LogP contribution in [0, 0.1) is 5.41 Å². The average molecular weight is 386 g/mol. The third kappa shape index (κ3) is 4.29. The highest BCUT2D eigenvalue weighted by Gasteiger charge is 2.44. The summed E-state index contributed by atoms with van der Waals surface area (Å²) in [5, 5.41) is 4.58. The van der Waals surface area contributed by atoms with Crippen LogP contribution in [-0.4, -0.2) is 33.1 Å². The lowest BCUT2D eigenvalue weighted by molar-refractivity contribution is -0.162. The van der Waals surface area contributed by atoms with Gasteiger partial charge in [0.2, 0.25) is 5.78 Å². The van der Waals surface area contributed by atoms with E-state index in [1.165, 1.54) is 43.3 Å². The lowest BCUT2D eigenvalue weighted by Crippen LogP contribution is -2.42. The smallest absolute Gasteiger partial charge is 0.319 e. The van der Waals surface area contributed by atoms with Crippen molar-refractivity contribution in [2.45, 2.75) is 27.0 Å². The van der Waals surface area contributed by atoms with E-state index in [0.717, 1.165) is 0 Å². The molecule has 0 bridgehead atoms. The zero-order valence-corrected chi connectivity index (χ0v) is 15.4. The van der Waals surface area contributed by atoms with E-state index in [2.05, 4.69) is 10.1 Å². The number of Topliss-reactive ketones (excluding diaryl/α,β-unsaturated/α-hetero) is 1. The lowest BCUT2D eigenvalue weighted by atomic mass is 9.87. The van der Waals surface area contributed by atoms with Gasteiger partial charge in [0.15, 0.2) is 0 Å². The van der Waals surface area contributed by atoms with Gasteiger partial charge < -0.3 is 9.47 Å². The first-order chi connectivity index (χ1) is 11.8. The Labute approximate surface area is 154 Å². The van der Waals surface area contributed by atoms with E-state index in [9.17, 15) is 9.59 Å². The van der Waals surface area contributed by atoms with Crippen LogP contribution in [0.5, 0.6) is 5.75 Å². The fourth-order valence-electron chi connectivity index (χ4n) is 1.98. The number of halogens is 2. The third-order valence-electron chi connectivity index (χ3n) is 3.44. The number of ketones is 1. The van der Waals surface area contributed by atoms with Gasteiger partial charge in [-0.1, -0.05) is 23.2 Å². The zero-order valence-electron chi connectivity index (χ0n) is 13.9. The van der Waals surface area contributed by atoms with Crippen LogP contribution in [0.3, 0.4) is 0 Å². The SMILES string of the molecule is CCOC(=O)C(C)(C)C(=O)C(Oc1ccc(Cl)cc1Cl)n1cncn1. The van der Waals surface area contributed by atoms with Crippen molar-refractivity contribution in [1.82, 2.24) is 14.8 Å². The number of carbonyl (C=O) groups is 2. The number of esters is 1. The summed E-state index contributed by atoms with van der Waals surface area (Å²) in [6.45, 7) is 4.75. The molecule has 0 saturated carbocycles. The molecule has 0 aliphatic rings. The Morgan fingerprint density at radius 1 is 1.32 bits per heavy atom. The van der Waals surface area contributed by atoms with Gasteiger partial charge in [0, 0.05) is 5.02 Å². The molecule has 7 nitrogen and oxygen atoms in total. The van der Waals surface area contributed by atoms with Gasteiger partial charge in [-0.25, -0.2) is 9.67 Å². The molecule has 1 unspecified atom stereocenters. The molecule has 0 N–H and O–H groups in total. The van der Waals surface area contributed by atoms with Gasteiger partial charge in [-0.3, -0.25) is 9.59 Å². The molecule has 9 heteroatoms. The fourth-order valence-corrected chi connectivity index (χ4v) is 2.43. The molecule has 0 aliphatic heterocycles. The molecule has 0 aliphatic carbocycles. The van der Waals surface area contributed by atoms with Gasteiger partial charge in [0.1, 0.15) is 23.8 Å². The first kappa shape index (κ1) is 19.2. The Balaban J connectivity index is 2.37. The van der Waals surface area contributed by atoms with Gasteiger partial charge in [-0.15, -0.1) is 0 Å². The van der Waals surface area contributed by atoms with Gasteiger partial charge in [-0.05, 0) is 39.0 Å². The summed E-state index contributed by atoms with van der Waals surface area (Å²) in [5.41, 5.74) is -1.45. The molecular formula is C16H17Cl2N3O4. The van der Waals surface area contributed by atoms with Crippen molar-refractivity contribution in [3.8, 4) is 5.75 Å². The van der Waals surface area contributed by atoms with Crippen LogP contribution in [0.2, 0.25) is 10.0 Å². The summed E-state index contributed by atoms with van der Waals surface area (Å²) in [5.74, 6) is -0.988. The van der Waals surface area contributed by atoms with Gasteiger partial charge in [0.25, 0.3) is 6.23 Å². The number of carbonyl (C=O) groups excluding carboxylic acids is 2. The monoisotopic (exact) mass is 385 g/mol. The van der Waals surface area contributed by atoms with E-state index < -0.39 is 23.4 Å². The fraction of sp³-hybridized carbons (Fsp3) is 0.375. The molecule has 0 spiro atoms. The van der Waals surface area contributed by atoms with Crippen LogP contribution in [0.25, 0.3) is 0 Å². The van der Waals surface area contributed by atoms with Gasteiger partial charge in [0.05, 0.1) is 11.6 Å². The zero-order chi connectivity index (χ0) is 18.6. The maximum atomic E-state index is 13.0. The summed E-state index contributed by atoms with van der Waals surface area (Å²) in [4.78, 5) is 29.0. The second-order valence-corrected chi connectivity index (χ2v) is 6.47. The highest BCUT2D eigenvalue weighted by atomic mass is 35.5. The van der Waals surface area contributed by atoms with Crippen molar-refractivity contribution in [1.29, 1.82) is 0 Å². The molecule has 0 radical (unpaired) electrons. The number of hydrogen-bond donors (Lipinski definition) is 0. The molecule has 0 saturated heterocycles. The number of ether oxygens (including phenoxy) is 2. The number of aromatic nitrogens is 3. The van der Waals surface area contributed by atoms with E-state index in [-0.39, 0.29) is 17.4 Å². The second-order valence-electron chi connectivity index (χ2n) is 5.63. The molecule has 2 rings (SSSR count). The van der Waals surface area contributed by atoms with Crippen LogP contribution in [0.1, 0.15) is 27.0 Å². The van der Waals surface area contributed by atoms with Crippen molar-refractivity contribution in [2.24, 2.45) is 5.41 Å². The molecule has 1 heterocycles. The Morgan fingerprint density at radius 3 is 2.60 bits per heavy atom. The van der Waals surface area contributed by atoms with E-state index in [0.29, 0.717) is 5.02 Å². The van der Waals surface area contributed by atoms with Crippen molar-refractivity contribution < 1.29 is 19.1 Å². The predicted molar refractivity (Wildman–Crippen MR) is 91.6 cm³/mol. The van der Waals surface area contributed by atoms with Crippen LogP contribution in [0.4, 0.5) is 0 Å².